The molecule has 13 rings (SSSR count). The van der Waals surface area contributed by atoms with E-state index in [1.54, 1.807) is 0 Å². The number of aromatic nitrogens is 5. The van der Waals surface area contributed by atoms with Crippen LogP contribution in [0.25, 0.3) is 122 Å². The van der Waals surface area contributed by atoms with Crippen molar-refractivity contribution in [2.24, 2.45) is 0 Å². The lowest BCUT2D eigenvalue weighted by molar-refractivity contribution is 0.952. The van der Waals surface area contributed by atoms with Crippen molar-refractivity contribution in [2.75, 3.05) is 0 Å². The largest absolute Gasteiger partial charge is 0.309 e. The second-order valence-corrected chi connectivity index (χ2v) is 16.4. The van der Waals surface area contributed by atoms with Gasteiger partial charge in [0, 0.05) is 32.7 Å². The third-order valence-electron chi connectivity index (χ3n) is 12.8. The summed E-state index contributed by atoms with van der Waals surface area (Å²) in [4.78, 5) is 16.3. The molecule has 0 unspecified atom stereocenters. The molecule has 64 heavy (non-hydrogen) atoms. The Morgan fingerprint density at radius 2 is 0.781 bits per heavy atom. The van der Waals surface area contributed by atoms with E-state index in [0.29, 0.717) is 17.6 Å². The van der Waals surface area contributed by atoms with Crippen molar-refractivity contribution >= 4 is 65.2 Å². The van der Waals surface area contributed by atoms with E-state index in [-0.39, 0.29) is 0 Å². The summed E-state index contributed by atoms with van der Waals surface area (Å²) in [5, 5.41) is 9.61. The van der Waals surface area contributed by atoms with Gasteiger partial charge in [-0.2, -0.15) is 9.97 Å². The van der Waals surface area contributed by atoms with Gasteiger partial charge < -0.3 is 4.57 Å². The van der Waals surface area contributed by atoms with E-state index in [0.717, 1.165) is 71.9 Å². The Hall–Kier alpha value is -8.67. The Bertz CT molecular complexity index is 3920. The summed E-state index contributed by atoms with van der Waals surface area (Å²) >= 11 is 0. The average molecular weight is 816 g/mol. The lowest BCUT2D eigenvalue weighted by Crippen LogP contribution is -2.08. The molecule has 0 radical (unpaired) electrons. The first-order valence-corrected chi connectivity index (χ1v) is 21.7. The smallest absolute Gasteiger partial charge is 0.238 e. The molecule has 0 amide bonds. The fourth-order valence-corrected chi connectivity index (χ4v) is 9.78. The van der Waals surface area contributed by atoms with Crippen molar-refractivity contribution in [3.05, 3.63) is 224 Å². The van der Waals surface area contributed by atoms with Crippen LogP contribution < -0.4 is 0 Å². The van der Waals surface area contributed by atoms with Crippen molar-refractivity contribution in [1.82, 2.24) is 24.1 Å². The van der Waals surface area contributed by atoms with Crippen LogP contribution in [0.1, 0.15) is 0 Å². The van der Waals surface area contributed by atoms with Crippen LogP contribution in [0.4, 0.5) is 0 Å². The number of fused-ring (bicyclic) bond motifs is 9. The molecule has 0 aliphatic rings. The van der Waals surface area contributed by atoms with Crippen molar-refractivity contribution < 1.29 is 0 Å². The van der Waals surface area contributed by atoms with Crippen molar-refractivity contribution in [1.29, 1.82) is 0 Å². The summed E-state index contributed by atoms with van der Waals surface area (Å²) in [7, 11) is 0. The van der Waals surface area contributed by atoms with E-state index in [1.165, 1.54) is 32.3 Å². The molecule has 0 fully saturated rings. The zero-order chi connectivity index (χ0) is 42.1. The molecule has 298 valence electrons. The van der Waals surface area contributed by atoms with Crippen LogP contribution in [0.5, 0.6) is 0 Å². The van der Waals surface area contributed by atoms with Gasteiger partial charge in [-0.15, -0.1) is 0 Å². The second kappa shape index (κ2) is 14.5. The number of hydrogen-bond donors (Lipinski definition) is 0. The topological polar surface area (TPSA) is 48.5 Å². The van der Waals surface area contributed by atoms with Gasteiger partial charge in [0.05, 0.1) is 27.8 Å². The van der Waals surface area contributed by atoms with Crippen LogP contribution >= 0.6 is 0 Å². The molecule has 10 aromatic carbocycles. The van der Waals surface area contributed by atoms with Crippen LogP contribution in [0, 0.1) is 0 Å². The van der Waals surface area contributed by atoms with E-state index in [2.05, 4.69) is 234 Å². The quantitative estimate of drug-likeness (QED) is 0.157. The maximum atomic E-state index is 5.47. The van der Waals surface area contributed by atoms with E-state index in [4.69, 9.17) is 15.0 Å². The monoisotopic (exact) mass is 815 g/mol. The van der Waals surface area contributed by atoms with Crippen molar-refractivity contribution in [3.63, 3.8) is 0 Å². The third kappa shape index (κ3) is 5.75. The van der Waals surface area contributed by atoms with Gasteiger partial charge in [-0.3, -0.25) is 4.57 Å². The Morgan fingerprint density at radius 1 is 0.266 bits per heavy atom. The van der Waals surface area contributed by atoms with Crippen molar-refractivity contribution in [2.45, 2.75) is 0 Å². The normalized spacial score (nSPS) is 11.8. The first-order chi connectivity index (χ1) is 31.7. The Balaban J connectivity index is 1.06. The number of para-hydroxylation sites is 4. The van der Waals surface area contributed by atoms with Crippen LogP contribution in [0.2, 0.25) is 0 Å². The standard InChI is InChI=1S/C59H37N5/c1-2-15-38(16-3-1)42-32-34-50-49-23-8-12-27-54(49)64(56(50)37-42)59-61-57(44-19-14-18-40(36-44)41-31-33-46-43(35-41)30-29-39-17-4-5-20-45(39)46)60-58(62-59)51-24-9-13-28-55(51)63-52-25-10-6-21-47(52)48-22-7-11-26-53(48)63/h1-37H. The molecule has 3 aromatic heterocycles. The predicted molar refractivity (Wildman–Crippen MR) is 265 cm³/mol. The zero-order valence-corrected chi connectivity index (χ0v) is 34.6. The molecular weight excluding hydrogens is 779 g/mol. The van der Waals surface area contributed by atoms with Crippen LogP contribution in [0.3, 0.4) is 0 Å². The highest BCUT2D eigenvalue weighted by Crippen LogP contribution is 2.39. The molecule has 13 aromatic rings. The molecular formula is C59H37N5. The zero-order valence-electron chi connectivity index (χ0n) is 34.6. The Kier molecular flexibility index (Phi) is 8.15. The average Bonchev–Trinajstić information content (AvgIpc) is 3.89. The fraction of sp³-hybridized carbons (Fsp3) is 0. The summed E-state index contributed by atoms with van der Waals surface area (Å²) in [6.45, 7) is 0. The van der Waals surface area contributed by atoms with Gasteiger partial charge >= 0.3 is 0 Å². The minimum Gasteiger partial charge on any atom is -0.309 e. The minimum absolute atomic E-state index is 0.552. The summed E-state index contributed by atoms with van der Waals surface area (Å²) < 4.78 is 4.56. The minimum atomic E-state index is 0.552. The van der Waals surface area contributed by atoms with E-state index in [9.17, 15) is 0 Å². The molecule has 5 nitrogen and oxygen atoms in total. The molecule has 3 heterocycles. The molecule has 0 atom stereocenters. The first kappa shape index (κ1) is 36.0. The summed E-state index contributed by atoms with van der Waals surface area (Å²) in [5.74, 6) is 1.73. The van der Waals surface area contributed by atoms with Gasteiger partial charge in [0.25, 0.3) is 0 Å². The molecule has 0 aliphatic carbocycles. The second-order valence-electron chi connectivity index (χ2n) is 16.4. The molecule has 0 saturated heterocycles. The van der Waals surface area contributed by atoms with Gasteiger partial charge in [-0.25, -0.2) is 4.98 Å². The van der Waals surface area contributed by atoms with Gasteiger partial charge in [-0.05, 0) is 92.3 Å². The molecule has 0 N–H and O–H groups in total. The third-order valence-corrected chi connectivity index (χ3v) is 12.8. The number of hydrogen-bond acceptors (Lipinski definition) is 3. The fourth-order valence-electron chi connectivity index (χ4n) is 9.78. The summed E-state index contributed by atoms with van der Waals surface area (Å²) in [6, 6.07) is 79.9. The van der Waals surface area contributed by atoms with E-state index in [1.807, 2.05) is 0 Å². The van der Waals surface area contributed by atoms with Crippen LogP contribution in [-0.2, 0) is 0 Å². The van der Waals surface area contributed by atoms with Crippen molar-refractivity contribution in [3.8, 4) is 56.7 Å². The lowest BCUT2D eigenvalue weighted by Gasteiger charge is -2.15. The number of benzene rings is 10. The maximum Gasteiger partial charge on any atom is 0.238 e. The van der Waals surface area contributed by atoms with E-state index < -0.39 is 0 Å². The Labute approximate surface area is 368 Å². The predicted octanol–water partition coefficient (Wildman–Crippen LogP) is 15.0. The molecule has 5 heteroatoms. The highest BCUT2D eigenvalue weighted by Gasteiger charge is 2.22. The first-order valence-electron chi connectivity index (χ1n) is 21.7. The van der Waals surface area contributed by atoms with Gasteiger partial charge in [0.15, 0.2) is 11.6 Å². The molecule has 0 aliphatic heterocycles. The van der Waals surface area contributed by atoms with Crippen LogP contribution in [0.15, 0.2) is 224 Å². The summed E-state index contributed by atoms with van der Waals surface area (Å²) in [6.07, 6.45) is 0. The lowest BCUT2D eigenvalue weighted by atomic mass is 9.96. The Morgan fingerprint density at radius 3 is 1.55 bits per heavy atom. The van der Waals surface area contributed by atoms with Gasteiger partial charge in [0.1, 0.15) is 0 Å². The van der Waals surface area contributed by atoms with E-state index >= 15 is 0 Å². The number of rotatable bonds is 6. The highest BCUT2D eigenvalue weighted by molar-refractivity contribution is 6.11. The van der Waals surface area contributed by atoms with Crippen LogP contribution in [-0.4, -0.2) is 24.1 Å². The molecule has 0 spiro atoms. The van der Waals surface area contributed by atoms with Gasteiger partial charge in [0.2, 0.25) is 5.95 Å². The summed E-state index contributed by atoms with van der Waals surface area (Å²) in [5.41, 5.74) is 11.6. The maximum absolute atomic E-state index is 5.47. The highest BCUT2D eigenvalue weighted by atomic mass is 15.2. The molecule has 0 bridgehead atoms. The SMILES string of the molecule is c1ccc(-c2ccc3c4ccccc4n(-c4nc(-c5cccc(-c6ccc7c(ccc8ccccc87)c6)c5)nc(-c5ccccc5-n5c6ccccc6c6ccccc65)n4)c3c2)cc1. The van der Waals surface area contributed by atoms with Gasteiger partial charge in [-0.1, -0.05) is 176 Å². The molecule has 0 saturated carbocycles. The number of nitrogens with zero attached hydrogens (tertiary/aromatic N) is 5.